The Bertz CT molecular complexity index is 141. The van der Waals surface area contributed by atoms with E-state index in [1.807, 2.05) is 0 Å². The third kappa shape index (κ3) is 1.64. The number of likely N-dealkylation sites (tertiary alicyclic amines) is 1. The van der Waals surface area contributed by atoms with E-state index in [0.29, 0.717) is 6.04 Å². The largest absolute Gasteiger partial charge is 0.326 e. The Kier molecular flexibility index (Phi) is 2.66. The monoisotopic (exact) mass is 168 g/mol. The van der Waals surface area contributed by atoms with Gasteiger partial charge in [-0.1, -0.05) is 12.8 Å². The predicted octanol–water partition coefficient (Wildman–Crippen LogP) is 1.35. The molecule has 2 heteroatoms. The lowest BCUT2D eigenvalue weighted by Crippen LogP contribution is -2.46. The quantitative estimate of drug-likeness (QED) is 0.640. The summed E-state index contributed by atoms with van der Waals surface area (Å²) in [6.07, 6.45) is 8.16. The van der Waals surface area contributed by atoms with Crippen molar-refractivity contribution in [2.45, 2.75) is 50.6 Å². The summed E-state index contributed by atoms with van der Waals surface area (Å²) in [5, 5.41) is 0. The molecular formula is C10H20N2. The molecule has 12 heavy (non-hydrogen) atoms. The van der Waals surface area contributed by atoms with Gasteiger partial charge < -0.3 is 5.73 Å². The third-order valence-corrected chi connectivity index (χ3v) is 3.39. The molecule has 2 nitrogen and oxygen atoms in total. The zero-order valence-corrected chi connectivity index (χ0v) is 7.84. The first-order valence-corrected chi connectivity index (χ1v) is 5.37. The summed E-state index contributed by atoms with van der Waals surface area (Å²) < 4.78 is 0. The van der Waals surface area contributed by atoms with Crippen LogP contribution < -0.4 is 5.73 Å². The van der Waals surface area contributed by atoms with Gasteiger partial charge in [-0.2, -0.15) is 0 Å². The smallest absolute Gasteiger partial charge is 0.0247 e. The lowest BCUT2D eigenvalue weighted by Gasteiger charge is -2.34. The Labute approximate surface area is 75.1 Å². The number of nitrogens with zero attached hydrogens (tertiary/aromatic N) is 1. The zero-order chi connectivity index (χ0) is 8.39. The van der Waals surface area contributed by atoms with E-state index in [9.17, 15) is 0 Å². The van der Waals surface area contributed by atoms with Gasteiger partial charge in [0, 0.05) is 12.1 Å². The van der Waals surface area contributed by atoms with Crippen LogP contribution in [0.1, 0.15) is 38.5 Å². The minimum absolute atomic E-state index is 0.475. The molecule has 0 radical (unpaired) electrons. The molecule has 0 spiro atoms. The molecule has 2 rings (SSSR count). The maximum Gasteiger partial charge on any atom is 0.0247 e. The van der Waals surface area contributed by atoms with Crippen LogP contribution in [0.5, 0.6) is 0 Å². The van der Waals surface area contributed by atoms with E-state index in [4.69, 9.17) is 5.73 Å². The molecule has 1 aliphatic heterocycles. The zero-order valence-electron chi connectivity index (χ0n) is 7.84. The van der Waals surface area contributed by atoms with E-state index in [1.54, 1.807) is 0 Å². The van der Waals surface area contributed by atoms with Gasteiger partial charge >= 0.3 is 0 Å². The van der Waals surface area contributed by atoms with Gasteiger partial charge in [0.25, 0.3) is 0 Å². The van der Waals surface area contributed by atoms with E-state index < -0.39 is 0 Å². The molecule has 70 valence electrons. The van der Waals surface area contributed by atoms with Gasteiger partial charge in [0.15, 0.2) is 0 Å². The van der Waals surface area contributed by atoms with Gasteiger partial charge in [-0.15, -0.1) is 0 Å². The molecule has 0 bridgehead atoms. The second kappa shape index (κ2) is 3.75. The van der Waals surface area contributed by atoms with Crippen LogP contribution >= 0.6 is 0 Å². The molecule has 2 atom stereocenters. The van der Waals surface area contributed by atoms with Crippen LogP contribution in [-0.4, -0.2) is 30.1 Å². The van der Waals surface area contributed by atoms with Gasteiger partial charge in [0.05, 0.1) is 0 Å². The van der Waals surface area contributed by atoms with E-state index in [-0.39, 0.29) is 0 Å². The molecule has 1 aliphatic carbocycles. The average molecular weight is 168 g/mol. The van der Waals surface area contributed by atoms with Crippen LogP contribution in [0.4, 0.5) is 0 Å². The average Bonchev–Trinajstić information content (AvgIpc) is 2.53. The Morgan fingerprint density at radius 2 is 1.67 bits per heavy atom. The summed E-state index contributed by atoms with van der Waals surface area (Å²) in [4.78, 5) is 2.63. The first-order valence-electron chi connectivity index (χ1n) is 5.37. The molecule has 0 amide bonds. The van der Waals surface area contributed by atoms with E-state index >= 15 is 0 Å². The van der Waals surface area contributed by atoms with Crippen LogP contribution in [0.2, 0.25) is 0 Å². The summed E-state index contributed by atoms with van der Waals surface area (Å²) >= 11 is 0. The fourth-order valence-corrected chi connectivity index (χ4v) is 2.67. The van der Waals surface area contributed by atoms with Gasteiger partial charge in [-0.05, 0) is 38.8 Å². The lowest BCUT2D eigenvalue weighted by molar-refractivity contribution is 0.154. The Morgan fingerprint density at radius 3 is 2.25 bits per heavy atom. The van der Waals surface area contributed by atoms with Crippen molar-refractivity contribution in [1.82, 2.24) is 4.90 Å². The number of hydrogen-bond donors (Lipinski definition) is 1. The Morgan fingerprint density at radius 1 is 0.917 bits per heavy atom. The molecule has 1 heterocycles. The summed E-state index contributed by atoms with van der Waals surface area (Å²) in [6, 6.07) is 1.20. The minimum Gasteiger partial charge on any atom is -0.326 e. The maximum atomic E-state index is 6.07. The first-order chi connectivity index (χ1) is 5.88. The van der Waals surface area contributed by atoms with Crippen LogP contribution in [0.25, 0.3) is 0 Å². The van der Waals surface area contributed by atoms with Crippen molar-refractivity contribution in [3.63, 3.8) is 0 Å². The van der Waals surface area contributed by atoms with Crippen LogP contribution in [0.15, 0.2) is 0 Å². The standard InChI is InChI=1S/C10H20N2/c11-9-5-4-6-10(9)12-7-2-1-3-8-12/h9-10H,1-8,11H2/t9-,10-/m1/s1. The molecule has 2 fully saturated rings. The molecule has 0 aromatic rings. The summed E-state index contributed by atoms with van der Waals surface area (Å²) in [5.41, 5.74) is 6.07. The molecule has 2 N–H and O–H groups in total. The predicted molar refractivity (Wildman–Crippen MR) is 51.0 cm³/mol. The maximum absolute atomic E-state index is 6.07. The topological polar surface area (TPSA) is 29.3 Å². The highest BCUT2D eigenvalue weighted by Gasteiger charge is 2.29. The van der Waals surface area contributed by atoms with Crippen molar-refractivity contribution in [2.75, 3.05) is 13.1 Å². The molecular weight excluding hydrogens is 148 g/mol. The first kappa shape index (κ1) is 8.52. The van der Waals surface area contributed by atoms with Gasteiger partial charge in [-0.3, -0.25) is 4.90 Å². The molecule has 0 aromatic carbocycles. The number of hydrogen-bond acceptors (Lipinski definition) is 2. The summed E-state index contributed by atoms with van der Waals surface area (Å²) in [5.74, 6) is 0. The Hall–Kier alpha value is -0.0800. The highest BCUT2D eigenvalue weighted by atomic mass is 15.2. The van der Waals surface area contributed by atoms with Gasteiger partial charge in [0.2, 0.25) is 0 Å². The SMILES string of the molecule is N[C@@H]1CCC[C@H]1N1CCCCC1. The van der Waals surface area contributed by atoms with E-state index in [1.165, 1.54) is 51.6 Å². The second-order valence-electron chi connectivity index (χ2n) is 4.26. The number of rotatable bonds is 1. The van der Waals surface area contributed by atoms with Gasteiger partial charge in [0.1, 0.15) is 0 Å². The van der Waals surface area contributed by atoms with Gasteiger partial charge in [-0.25, -0.2) is 0 Å². The Balaban J connectivity index is 1.89. The molecule has 1 saturated heterocycles. The van der Waals surface area contributed by atoms with E-state index in [2.05, 4.69) is 4.90 Å². The van der Waals surface area contributed by atoms with Crippen molar-refractivity contribution in [1.29, 1.82) is 0 Å². The molecule has 1 saturated carbocycles. The summed E-state index contributed by atoms with van der Waals surface area (Å²) in [7, 11) is 0. The van der Waals surface area contributed by atoms with Crippen LogP contribution in [0, 0.1) is 0 Å². The third-order valence-electron chi connectivity index (χ3n) is 3.39. The minimum atomic E-state index is 0.475. The molecule has 0 unspecified atom stereocenters. The fourth-order valence-electron chi connectivity index (χ4n) is 2.67. The normalized spacial score (nSPS) is 38.8. The number of piperidine rings is 1. The van der Waals surface area contributed by atoms with Crippen molar-refractivity contribution in [3.05, 3.63) is 0 Å². The highest BCUT2D eigenvalue weighted by Crippen LogP contribution is 2.25. The van der Waals surface area contributed by atoms with Crippen molar-refractivity contribution in [3.8, 4) is 0 Å². The van der Waals surface area contributed by atoms with Crippen LogP contribution in [0.3, 0.4) is 0 Å². The molecule has 0 aromatic heterocycles. The number of nitrogens with two attached hydrogens (primary N) is 1. The van der Waals surface area contributed by atoms with Crippen molar-refractivity contribution >= 4 is 0 Å². The summed E-state index contributed by atoms with van der Waals surface area (Å²) in [6.45, 7) is 2.61. The highest BCUT2D eigenvalue weighted by molar-refractivity contribution is 4.88. The van der Waals surface area contributed by atoms with Crippen molar-refractivity contribution in [2.24, 2.45) is 5.73 Å². The second-order valence-corrected chi connectivity index (χ2v) is 4.26. The fraction of sp³-hybridized carbons (Fsp3) is 1.00. The van der Waals surface area contributed by atoms with Crippen molar-refractivity contribution < 1.29 is 0 Å². The molecule has 2 aliphatic rings. The van der Waals surface area contributed by atoms with E-state index in [0.717, 1.165) is 6.04 Å². The van der Waals surface area contributed by atoms with Crippen LogP contribution in [-0.2, 0) is 0 Å². The lowest BCUT2D eigenvalue weighted by atomic mass is 10.1.